The van der Waals surface area contributed by atoms with Crippen molar-refractivity contribution in [2.24, 2.45) is 0 Å². The summed E-state index contributed by atoms with van der Waals surface area (Å²) < 4.78 is 0. The molecule has 0 bridgehead atoms. The molecule has 194 valence electrons. The summed E-state index contributed by atoms with van der Waals surface area (Å²) in [4.78, 5) is 18.2. The molecule has 0 saturated carbocycles. The molecule has 1 atom stereocenters. The van der Waals surface area contributed by atoms with Crippen molar-refractivity contribution in [3.63, 3.8) is 0 Å². The molecule has 1 unspecified atom stereocenters. The van der Waals surface area contributed by atoms with Gasteiger partial charge >= 0.3 is 11.9 Å². The third-order valence-electron chi connectivity index (χ3n) is 5.73. The second kappa shape index (κ2) is 13.1. The molecule has 0 radical (unpaired) electrons. The maximum Gasteiger partial charge on any atom is 0.414 e. The molecular formula is C28H26Cl3NO5. The van der Waals surface area contributed by atoms with Crippen LogP contribution in [0.1, 0.15) is 48.1 Å². The summed E-state index contributed by atoms with van der Waals surface area (Å²) in [6.07, 6.45) is 3.64. The Balaban J connectivity index is 0.000000568. The summed E-state index contributed by atoms with van der Waals surface area (Å²) >= 11 is 18.9. The van der Waals surface area contributed by atoms with Crippen molar-refractivity contribution in [1.29, 1.82) is 0 Å². The predicted molar refractivity (Wildman–Crippen MR) is 148 cm³/mol. The fraction of sp³-hybridized carbons (Fsp3) is 0.214. The number of halogens is 3. The number of carbonyl (C=O) groups is 2. The third-order valence-corrected chi connectivity index (χ3v) is 6.44. The van der Waals surface area contributed by atoms with Gasteiger partial charge in [-0.25, -0.2) is 9.59 Å². The van der Waals surface area contributed by atoms with Crippen molar-refractivity contribution in [2.45, 2.75) is 25.9 Å². The van der Waals surface area contributed by atoms with Crippen molar-refractivity contribution in [3.8, 4) is 11.1 Å². The smallest absolute Gasteiger partial charge is 0.414 e. The Morgan fingerprint density at radius 2 is 1.49 bits per heavy atom. The number of hydrogen-bond donors (Lipinski definition) is 4. The van der Waals surface area contributed by atoms with Crippen molar-refractivity contribution in [1.82, 2.24) is 5.32 Å². The molecule has 4 N–H and O–H groups in total. The van der Waals surface area contributed by atoms with Gasteiger partial charge in [-0.15, -0.1) is 0 Å². The molecule has 1 aliphatic rings. The van der Waals surface area contributed by atoms with Crippen LogP contribution in [0.4, 0.5) is 0 Å². The maximum atomic E-state index is 11.0. The molecule has 37 heavy (non-hydrogen) atoms. The molecule has 6 nitrogen and oxygen atoms in total. The Hall–Kier alpha value is -2.87. The fourth-order valence-electron chi connectivity index (χ4n) is 4.04. The lowest BCUT2D eigenvalue weighted by atomic mass is 9.95. The van der Waals surface area contributed by atoms with Gasteiger partial charge in [-0.1, -0.05) is 66.3 Å². The number of carboxylic acids is 2. The number of carboxylic acid groups (broad SMARTS) is 2. The van der Waals surface area contributed by atoms with E-state index in [1.54, 1.807) is 0 Å². The van der Waals surface area contributed by atoms with Gasteiger partial charge in [0.2, 0.25) is 0 Å². The quantitative estimate of drug-likeness (QED) is 0.146. The van der Waals surface area contributed by atoms with Gasteiger partial charge in [-0.3, -0.25) is 0 Å². The summed E-state index contributed by atoms with van der Waals surface area (Å²) in [6.45, 7) is 3.51. The van der Waals surface area contributed by atoms with Gasteiger partial charge in [-0.2, -0.15) is 0 Å². The minimum absolute atomic E-state index is 0.478. The Bertz CT molecular complexity index is 1310. The summed E-state index contributed by atoms with van der Waals surface area (Å²) in [6, 6.07) is 17.4. The average Bonchev–Trinajstić information content (AvgIpc) is 3.15. The minimum atomic E-state index is -1.82. The zero-order valence-electron chi connectivity index (χ0n) is 20.0. The standard InChI is InChI=1S/C26H24Cl3NO.C2H2O4/c1-2-3-10-30-15-25(31)24-14-19(29)13-23-21(11-16-4-6-17(27)7-5-16)22-12-18(28)8-9-20(22)26(23)24;3-1(4)2(5)6/h4-9,11-14,25,30-31H,2-3,10,15H2,1H3;(H,3,4)(H,5,6)/b21-11-;. The monoisotopic (exact) mass is 561 g/mol. The molecule has 0 aromatic heterocycles. The van der Waals surface area contributed by atoms with Crippen LogP contribution in [-0.4, -0.2) is 40.3 Å². The number of aliphatic hydroxyl groups is 1. The highest BCUT2D eigenvalue weighted by molar-refractivity contribution is 6.32. The van der Waals surface area contributed by atoms with Crippen LogP contribution in [0.3, 0.4) is 0 Å². The zero-order valence-corrected chi connectivity index (χ0v) is 22.2. The van der Waals surface area contributed by atoms with Crippen LogP contribution in [0.25, 0.3) is 22.8 Å². The van der Waals surface area contributed by atoms with Crippen LogP contribution in [0.5, 0.6) is 0 Å². The predicted octanol–water partition coefficient (Wildman–Crippen LogP) is 6.79. The molecule has 1 aliphatic carbocycles. The fourth-order valence-corrected chi connectivity index (χ4v) is 4.56. The van der Waals surface area contributed by atoms with E-state index in [0.29, 0.717) is 21.6 Å². The topological polar surface area (TPSA) is 107 Å². The molecule has 0 saturated heterocycles. The first kappa shape index (κ1) is 28.7. The number of rotatable bonds is 7. The molecule has 0 amide bonds. The summed E-state index contributed by atoms with van der Waals surface area (Å²) in [5.74, 6) is -3.65. The minimum Gasteiger partial charge on any atom is -0.473 e. The molecular weight excluding hydrogens is 537 g/mol. The van der Waals surface area contributed by atoms with E-state index in [-0.39, 0.29) is 0 Å². The van der Waals surface area contributed by atoms with Crippen LogP contribution in [0, 0.1) is 0 Å². The number of unbranched alkanes of at least 4 members (excludes halogenated alkanes) is 1. The molecule has 3 aromatic carbocycles. The van der Waals surface area contributed by atoms with Crippen LogP contribution in [-0.2, 0) is 9.59 Å². The second-order valence-electron chi connectivity index (χ2n) is 8.40. The molecule has 0 aliphatic heterocycles. The van der Waals surface area contributed by atoms with E-state index in [9.17, 15) is 5.11 Å². The van der Waals surface area contributed by atoms with Crippen molar-refractivity contribution >= 4 is 58.4 Å². The first-order valence-corrected chi connectivity index (χ1v) is 12.7. The van der Waals surface area contributed by atoms with Crippen LogP contribution >= 0.6 is 34.8 Å². The van der Waals surface area contributed by atoms with Gasteiger partial charge in [0.1, 0.15) is 0 Å². The number of fused-ring (bicyclic) bond motifs is 3. The SMILES string of the molecule is CCCCNCC(O)c1cc(Cl)cc2c1-c1ccc(Cl)cc1/C2=C/c1ccc(Cl)cc1.O=C(O)C(=O)O. The lowest BCUT2D eigenvalue weighted by molar-refractivity contribution is -0.159. The second-order valence-corrected chi connectivity index (χ2v) is 9.71. The number of nitrogens with one attached hydrogen (secondary N) is 1. The molecule has 4 rings (SSSR count). The highest BCUT2D eigenvalue weighted by atomic mass is 35.5. The Kier molecular flexibility index (Phi) is 10.1. The number of hydrogen-bond acceptors (Lipinski definition) is 4. The Labute approximate surface area is 230 Å². The van der Waals surface area contributed by atoms with E-state index >= 15 is 0 Å². The van der Waals surface area contributed by atoms with Crippen molar-refractivity contribution < 1.29 is 24.9 Å². The first-order valence-electron chi connectivity index (χ1n) is 11.6. The van der Waals surface area contributed by atoms with E-state index in [1.165, 1.54) is 0 Å². The van der Waals surface area contributed by atoms with Gasteiger partial charge in [-0.05, 0) is 94.4 Å². The molecule has 3 aromatic rings. The molecule has 0 fully saturated rings. The van der Waals surface area contributed by atoms with Gasteiger partial charge in [0.15, 0.2) is 0 Å². The lowest BCUT2D eigenvalue weighted by Crippen LogP contribution is -2.22. The maximum absolute atomic E-state index is 11.0. The van der Waals surface area contributed by atoms with Gasteiger partial charge in [0.25, 0.3) is 0 Å². The average molecular weight is 563 g/mol. The van der Waals surface area contributed by atoms with Crippen molar-refractivity contribution in [3.05, 3.63) is 91.9 Å². The first-order chi connectivity index (χ1) is 17.6. The number of benzene rings is 3. The summed E-state index contributed by atoms with van der Waals surface area (Å²) in [5.41, 5.74) is 7.00. The Morgan fingerprint density at radius 1 is 0.865 bits per heavy atom. The third kappa shape index (κ3) is 7.34. The van der Waals surface area contributed by atoms with Gasteiger partial charge < -0.3 is 20.6 Å². The van der Waals surface area contributed by atoms with Gasteiger partial charge in [0, 0.05) is 21.6 Å². The van der Waals surface area contributed by atoms with E-state index in [1.807, 2.05) is 54.6 Å². The summed E-state index contributed by atoms with van der Waals surface area (Å²) in [5, 5.41) is 31.1. The lowest BCUT2D eigenvalue weighted by Gasteiger charge is -2.17. The zero-order chi connectivity index (χ0) is 27.1. The number of aliphatic hydroxyl groups excluding tert-OH is 1. The Morgan fingerprint density at radius 3 is 2.11 bits per heavy atom. The van der Waals surface area contributed by atoms with Crippen LogP contribution in [0.15, 0.2) is 54.6 Å². The van der Waals surface area contributed by atoms with E-state index in [0.717, 1.165) is 58.3 Å². The van der Waals surface area contributed by atoms with Gasteiger partial charge in [0.05, 0.1) is 6.10 Å². The number of aliphatic carboxylic acids is 2. The largest absolute Gasteiger partial charge is 0.473 e. The summed E-state index contributed by atoms with van der Waals surface area (Å²) in [7, 11) is 0. The van der Waals surface area contributed by atoms with Crippen LogP contribution in [0.2, 0.25) is 15.1 Å². The molecule has 0 heterocycles. The van der Waals surface area contributed by atoms with Crippen molar-refractivity contribution in [2.75, 3.05) is 13.1 Å². The van der Waals surface area contributed by atoms with E-state index < -0.39 is 18.0 Å². The molecule has 9 heteroatoms. The molecule has 0 spiro atoms. The van der Waals surface area contributed by atoms with Crippen LogP contribution < -0.4 is 5.32 Å². The van der Waals surface area contributed by atoms with E-state index in [2.05, 4.69) is 18.3 Å². The highest BCUT2D eigenvalue weighted by Crippen LogP contribution is 2.49. The normalized spacial score (nSPS) is 13.4. The highest BCUT2D eigenvalue weighted by Gasteiger charge is 2.29. The van der Waals surface area contributed by atoms with E-state index in [4.69, 9.17) is 54.6 Å².